The third-order valence-electron chi connectivity index (χ3n) is 6.21. The van der Waals surface area contributed by atoms with Gasteiger partial charge in [-0.3, -0.25) is 4.72 Å². The number of nitrogens with one attached hydrogen (secondary N) is 1. The fraction of sp³-hybridized carbons (Fsp3) is 0.429. The number of para-hydroxylation sites is 2. The molecule has 0 atom stereocenters. The lowest BCUT2D eigenvalue weighted by Crippen LogP contribution is -2.57. The molecule has 30 heavy (non-hydrogen) atoms. The Morgan fingerprint density at radius 2 is 1.47 bits per heavy atom. The van der Waals surface area contributed by atoms with Crippen LogP contribution in [0.1, 0.15) is 19.3 Å². The molecule has 162 valence electrons. The molecule has 3 aliphatic rings. The van der Waals surface area contributed by atoms with Gasteiger partial charge in [0.2, 0.25) is 10.0 Å². The molecule has 0 aromatic heterocycles. The molecule has 0 amide bonds. The zero-order chi connectivity index (χ0) is 21.7. The summed E-state index contributed by atoms with van der Waals surface area (Å²) in [6.45, 7) is 0.916. The average molecular weight is 450 g/mol. The van der Waals surface area contributed by atoms with Crippen molar-refractivity contribution >= 4 is 31.4 Å². The second-order valence-electron chi connectivity index (χ2n) is 8.72. The summed E-state index contributed by atoms with van der Waals surface area (Å²) in [5.74, 6) is 0.895. The first-order valence-corrected chi connectivity index (χ1v) is 12.8. The third-order valence-corrected chi connectivity index (χ3v) is 9.42. The van der Waals surface area contributed by atoms with Crippen molar-refractivity contribution in [2.24, 2.45) is 11.3 Å². The van der Waals surface area contributed by atoms with Gasteiger partial charge in [-0.1, -0.05) is 12.1 Å². The van der Waals surface area contributed by atoms with Gasteiger partial charge in [0.05, 0.1) is 21.2 Å². The Bertz CT molecular complexity index is 1140. The zero-order valence-corrected chi connectivity index (χ0v) is 19.0. The molecule has 0 heterocycles. The van der Waals surface area contributed by atoms with Crippen molar-refractivity contribution in [2.75, 3.05) is 37.3 Å². The lowest BCUT2D eigenvalue weighted by molar-refractivity contribution is -0.0969. The summed E-state index contributed by atoms with van der Waals surface area (Å²) in [4.78, 5) is 2.18. The quantitative estimate of drug-likeness (QED) is 0.670. The minimum atomic E-state index is -3.86. The summed E-state index contributed by atoms with van der Waals surface area (Å²) in [6, 6.07) is 12.6. The Labute approximate surface area is 178 Å². The Morgan fingerprint density at radius 1 is 0.900 bits per heavy atom. The molecule has 1 N–H and O–H groups in total. The summed E-state index contributed by atoms with van der Waals surface area (Å²) in [6.07, 6.45) is 3.81. The number of nitrogens with zero attached hydrogens (tertiary/aromatic N) is 2. The van der Waals surface area contributed by atoms with Crippen LogP contribution in [0.2, 0.25) is 0 Å². The minimum absolute atomic E-state index is 0.0112. The normalized spacial score (nSPS) is 22.9. The van der Waals surface area contributed by atoms with Gasteiger partial charge in [0.15, 0.2) is 0 Å². The van der Waals surface area contributed by atoms with Crippen LogP contribution in [0.5, 0.6) is 0 Å². The highest BCUT2D eigenvalue weighted by Gasteiger charge is 2.56. The Balaban J connectivity index is 1.55. The summed E-state index contributed by atoms with van der Waals surface area (Å²) in [5.41, 5.74) is 1.74. The van der Waals surface area contributed by atoms with Crippen LogP contribution in [-0.4, -0.2) is 48.8 Å². The topological polar surface area (TPSA) is 86.8 Å². The van der Waals surface area contributed by atoms with Gasteiger partial charge in [-0.15, -0.1) is 0 Å². The Hall–Kier alpha value is -2.10. The van der Waals surface area contributed by atoms with E-state index in [2.05, 4.69) is 9.62 Å². The SMILES string of the molecule is CN(CC12CC(C1)C2)c1ccccc1NS(=O)(=O)c1ccc(S(=O)(=O)N(C)C)cc1. The first-order chi connectivity index (χ1) is 14.0. The summed E-state index contributed by atoms with van der Waals surface area (Å²) >= 11 is 0. The first kappa shape index (κ1) is 21.1. The fourth-order valence-electron chi connectivity index (χ4n) is 4.54. The van der Waals surface area contributed by atoms with Crippen LogP contribution >= 0.6 is 0 Å². The second kappa shape index (κ2) is 7.25. The maximum absolute atomic E-state index is 12.9. The molecule has 2 aromatic rings. The van der Waals surface area contributed by atoms with Crippen LogP contribution in [0, 0.1) is 11.3 Å². The van der Waals surface area contributed by atoms with E-state index in [1.807, 2.05) is 19.2 Å². The van der Waals surface area contributed by atoms with Gasteiger partial charge in [-0.05, 0) is 67.0 Å². The van der Waals surface area contributed by atoms with Crippen molar-refractivity contribution in [3.05, 3.63) is 48.5 Å². The highest BCUT2D eigenvalue weighted by molar-refractivity contribution is 7.92. The van der Waals surface area contributed by atoms with Crippen molar-refractivity contribution in [2.45, 2.75) is 29.1 Å². The van der Waals surface area contributed by atoms with E-state index in [0.717, 1.165) is 22.5 Å². The molecule has 7 nitrogen and oxygen atoms in total. The number of rotatable bonds is 8. The second-order valence-corrected chi connectivity index (χ2v) is 12.6. The van der Waals surface area contributed by atoms with Crippen molar-refractivity contribution < 1.29 is 16.8 Å². The van der Waals surface area contributed by atoms with Gasteiger partial charge < -0.3 is 4.90 Å². The van der Waals surface area contributed by atoms with E-state index in [4.69, 9.17) is 0 Å². The van der Waals surface area contributed by atoms with E-state index in [1.54, 1.807) is 12.1 Å². The van der Waals surface area contributed by atoms with Crippen LogP contribution in [0.25, 0.3) is 0 Å². The van der Waals surface area contributed by atoms with Crippen LogP contribution in [0.4, 0.5) is 11.4 Å². The lowest BCUT2D eigenvalue weighted by Gasteiger charge is -2.63. The molecule has 2 bridgehead atoms. The molecule has 3 aliphatic carbocycles. The van der Waals surface area contributed by atoms with E-state index in [0.29, 0.717) is 11.1 Å². The number of anilines is 2. The van der Waals surface area contributed by atoms with E-state index in [-0.39, 0.29) is 9.79 Å². The van der Waals surface area contributed by atoms with E-state index >= 15 is 0 Å². The molecular formula is C21H27N3O4S2. The largest absolute Gasteiger partial charge is 0.372 e. The highest BCUT2D eigenvalue weighted by atomic mass is 32.2. The average Bonchev–Trinajstić information content (AvgIpc) is 2.63. The predicted molar refractivity (Wildman–Crippen MR) is 118 cm³/mol. The van der Waals surface area contributed by atoms with E-state index in [1.165, 1.54) is 57.6 Å². The van der Waals surface area contributed by atoms with Crippen LogP contribution in [-0.2, 0) is 20.0 Å². The number of sulfonamides is 2. The van der Waals surface area contributed by atoms with Gasteiger partial charge >= 0.3 is 0 Å². The van der Waals surface area contributed by atoms with Crippen LogP contribution < -0.4 is 9.62 Å². The molecule has 5 rings (SSSR count). The highest BCUT2D eigenvalue weighted by Crippen LogP contribution is 2.64. The minimum Gasteiger partial charge on any atom is -0.372 e. The van der Waals surface area contributed by atoms with Gasteiger partial charge in [0.1, 0.15) is 0 Å². The van der Waals surface area contributed by atoms with E-state index < -0.39 is 20.0 Å². The molecule has 0 aliphatic heterocycles. The summed E-state index contributed by atoms with van der Waals surface area (Å²) in [5, 5.41) is 0. The number of hydrogen-bond acceptors (Lipinski definition) is 5. The first-order valence-electron chi connectivity index (χ1n) is 9.88. The fourth-order valence-corrected chi connectivity index (χ4v) is 6.51. The summed E-state index contributed by atoms with van der Waals surface area (Å²) in [7, 11) is -2.62. The molecule has 0 radical (unpaired) electrons. The van der Waals surface area contributed by atoms with Crippen LogP contribution in [0.3, 0.4) is 0 Å². The zero-order valence-electron chi connectivity index (χ0n) is 17.4. The van der Waals surface area contributed by atoms with Crippen molar-refractivity contribution in [3.8, 4) is 0 Å². The molecule has 0 unspecified atom stereocenters. The van der Waals surface area contributed by atoms with E-state index in [9.17, 15) is 16.8 Å². The van der Waals surface area contributed by atoms with Crippen molar-refractivity contribution in [3.63, 3.8) is 0 Å². The standard InChI is InChI=1S/C21H27N3O4S2/c1-23(2)30(27,28)18-10-8-17(9-11-18)29(25,26)22-19-6-4-5-7-20(19)24(3)15-21-12-16(13-21)14-21/h4-11,16,22H,12-15H2,1-3H3. The van der Waals surface area contributed by atoms with Crippen molar-refractivity contribution in [1.82, 2.24) is 4.31 Å². The maximum Gasteiger partial charge on any atom is 0.261 e. The van der Waals surface area contributed by atoms with Crippen molar-refractivity contribution in [1.29, 1.82) is 0 Å². The predicted octanol–water partition coefficient (Wildman–Crippen LogP) is 2.97. The van der Waals surface area contributed by atoms with Gasteiger partial charge in [0.25, 0.3) is 10.0 Å². The maximum atomic E-state index is 12.9. The molecule has 2 aromatic carbocycles. The van der Waals surface area contributed by atoms with Crippen LogP contribution in [0.15, 0.2) is 58.3 Å². The summed E-state index contributed by atoms with van der Waals surface area (Å²) < 4.78 is 54.1. The third kappa shape index (κ3) is 3.70. The molecule has 3 saturated carbocycles. The molecule has 3 fully saturated rings. The molecular weight excluding hydrogens is 422 g/mol. The molecule has 0 spiro atoms. The smallest absolute Gasteiger partial charge is 0.261 e. The Kier molecular flexibility index (Phi) is 5.11. The molecule has 0 saturated heterocycles. The number of hydrogen-bond donors (Lipinski definition) is 1. The Morgan fingerprint density at radius 3 is 2.00 bits per heavy atom. The molecule has 9 heteroatoms. The van der Waals surface area contributed by atoms with Gasteiger partial charge in [0, 0.05) is 27.7 Å². The van der Waals surface area contributed by atoms with Gasteiger partial charge in [-0.2, -0.15) is 0 Å². The lowest BCUT2D eigenvalue weighted by atomic mass is 9.44. The monoisotopic (exact) mass is 449 g/mol. The van der Waals surface area contributed by atoms with Gasteiger partial charge in [-0.25, -0.2) is 21.1 Å². The number of benzene rings is 2.